The van der Waals surface area contributed by atoms with Crippen molar-refractivity contribution in [3.63, 3.8) is 0 Å². The summed E-state index contributed by atoms with van der Waals surface area (Å²) >= 11 is 0. The van der Waals surface area contributed by atoms with Crippen molar-refractivity contribution in [2.75, 3.05) is 13.1 Å². The third-order valence-corrected chi connectivity index (χ3v) is 4.37. The van der Waals surface area contributed by atoms with E-state index in [1.54, 1.807) is 0 Å². The van der Waals surface area contributed by atoms with E-state index in [1.165, 1.54) is 29.8 Å². The van der Waals surface area contributed by atoms with Crippen LogP contribution in [0.25, 0.3) is 0 Å². The van der Waals surface area contributed by atoms with Crippen LogP contribution in [0.1, 0.15) is 28.8 Å². The van der Waals surface area contributed by atoms with Gasteiger partial charge in [0.05, 0.1) is 10.5 Å². The number of carbonyl (C=O) groups excluding carboxylic acids is 1. The number of rotatable bonds is 5. The first kappa shape index (κ1) is 17.1. The number of benzene rings is 2. The van der Waals surface area contributed by atoms with Crippen molar-refractivity contribution in [1.29, 1.82) is 0 Å². The van der Waals surface area contributed by atoms with Gasteiger partial charge in [-0.05, 0) is 30.5 Å². The highest BCUT2D eigenvalue weighted by atomic mass is 16.6. The monoisotopic (exact) mass is 340 g/mol. The molecule has 2 aromatic rings. The zero-order chi connectivity index (χ0) is 17.6. The molecular weight excluding hydrogens is 320 g/mol. The maximum Gasteiger partial charge on any atom is 0.338 e. The SMILES string of the molecule is O=C(OC1CCN(Cc2ccccc2)CC1)c1ccc([N+](=O)[O-])cc1. The fourth-order valence-electron chi connectivity index (χ4n) is 2.97. The van der Waals surface area contributed by atoms with E-state index in [0.29, 0.717) is 5.56 Å². The summed E-state index contributed by atoms with van der Waals surface area (Å²) in [6, 6.07) is 15.8. The Bertz CT molecular complexity index is 723. The summed E-state index contributed by atoms with van der Waals surface area (Å²) in [5.74, 6) is -0.420. The lowest BCUT2D eigenvalue weighted by Crippen LogP contribution is -2.37. The molecule has 6 heteroatoms. The van der Waals surface area contributed by atoms with E-state index in [9.17, 15) is 14.9 Å². The predicted molar refractivity (Wildman–Crippen MR) is 93.3 cm³/mol. The third-order valence-electron chi connectivity index (χ3n) is 4.37. The molecule has 130 valence electrons. The number of hydrogen-bond acceptors (Lipinski definition) is 5. The first-order valence-corrected chi connectivity index (χ1v) is 8.33. The minimum Gasteiger partial charge on any atom is -0.459 e. The van der Waals surface area contributed by atoms with Gasteiger partial charge in [0.25, 0.3) is 5.69 Å². The molecule has 1 aliphatic heterocycles. The maximum atomic E-state index is 12.2. The van der Waals surface area contributed by atoms with Crippen LogP contribution >= 0.6 is 0 Å². The average Bonchev–Trinajstić information content (AvgIpc) is 2.64. The van der Waals surface area contributed by atoms with Crippen LogP contribution in [0.3, 0.4) is 0 Å². The second kappa shape index (κ2) is 7.90. The number of non-ortho nitro benzene ring substituents is 1. The van der Waals surface area contributed by atoms with Crippen molar-refractivity contribution in [2.24, 2.45) is 0 Å². The summed E-state index contributed by atoms with van der Waals surface area (Å²) in [6.45, 7) is 2.67. The zero-order valence-electron chi connectivity index (χ0n) is 13.8. The Morgan fingerprint density at radius 2 is 1.72 bits per heavy atom. The lowest BCUT2D eigenvalue weighted by atomic mass is 10.1. The van der Waals surface area contributed by atoms with Crippen LogP contribution in [0.15, 0.2) is 54.6 Å². The highest BCUT2D eigenvalue weighted by Crippen LogP contribution is 2.19. The van der Waals surface area contributed by atoms with Crippen molar-refractivity contribution in [3.8, 4) is 0 Å². The number of nitro groups is 1. The van der Waals surface area contributed by atoms with Gasteiger partial charge >= 0.3 is 5.97 Å². The Kier molecular flexibility index (Phi) is 5.40. The van der Waals surface area contributed by atoms with Gasteiger partial charge in [0.15, 0.2) is 0 Å². The molecule has 6 nitrogen and oxygen atoms in total. The Balaban J connectivity index is 1.48. The largest absolute Gasteiger partial charge is 0.459 e. The van der Waals surface area contributed by atoms with Gasteiger partial charge in [0, 0.05) is 31.8 Å². The van der Waals surface area contributed by atoms with E-state index in [0.717, 1.165) is 32.5 Å². The van der Waals surface area contributed by atoms with Crippen LogP contribution in [-0.4, -0.2) is 35.0 Å². The molecule has 0 saturated carbocycles. The lowest BCUT2D eigenvalue weighted by molar-refractivity contribution is -0.384. The highest BCUT2D eigenvalue weighted by molar-refractivity contribution is 5.89. The second-order valence-corrected chi connectivity index (χ2v) is 6.17. The van der Waals surface area contributed by atoms with Gasteiger partial charge < -0.3 is 4.74 Å². The molecule has 25 heavy (non-hydrogen) atoms. The predicted octanol–water partition coefficient (Wildman–Crippen LogP) is 3.42. The van der Waals surface area contributed by atoms with Crippen LogP contribution in [0.2, 0.25) is 0 Å². The minimum atomic E-state index is -0.489. The Labute approximate surface area is 146 Å². The number of piperidine rings is 1. The molecule has 0 bridgehead atoms. The molecule has 0 unspecified atom stereocenters. The quantitative estimate of drug-likeness (QED) is 0.474. The number of nitrogens with zero attached hydrogens (tertiary/aromatic N) is 2. The van der Waals surface area contributed by atoms with Crippen molar-refractivity contribution in [3.05, 3.63) is 75.8 Å². The molecule has 1 heterocycles. The van der Waals surface area contributed by atoms with Crippen molar-refractivity contribution in [2.45, 2.75) is 25.5 Å². The second-order valence-electron chi connectivity index (χ2n) is 6.17. The third kappa shape index (κ3) is 4.64. The number of ether oxygens (including phenoxy) is 1. The van der Waals surface area contributed by atoms with Gasteiger partial charge in [-0.2, -0.15) is 0 Å². The number of nitro benzene ring substituents is 1. The fraction of sp³-hybridized carbons (Fsp3) is 0.316. The molecule has 0 amide bonds. The van der Waals surface area contributed by atoms with Gasteiger partial charge in [-0.15, -0.1) is 0 Å². The zero-order valence-corrected chi connectivity index (χ0v) is 13.8. The standard InChI is InChI=1S/C19H20N2O4/c22-19(16-6-8-17(9-7-16)21(23)24)25-18-10-12-20(13-11-18)14-15-4-2-1-3-5-15/h1-9,18H,10-14H2. The van der Waals surface area contributed by atoms with Crippen molar-refractivity contribution < 1.29 is 14.5 Å². The van der Waals surface area contributed by atoms with E-state index in [-0.39, 0.29) is 11.8 Å². The molecule has 0 radical (unpaired) electrons. The van der Waals surface area contributed by atoms with Gasteiger partial charge in [-0.1, -0.05) is 30.3 Å². The molecule has 0 spiro atoms. The molecule has 0 aliphatic carbocycles. The van der Waals surface area contributed by atoms with Crippen LogP contribution in [0.4, 0.5) is 5.69 Å². The summed E-state index contributed by atoms with van der Waals surface area (Å²) in [6.07, 6.45) is 1.49. The fourth-order valence-corrected chi connectivity index (χ4v) is 2.97. The molecule has 3 rings (SSSR count). The molecule has 0 N–H and O–H groups in total. The summed E-state index contributed by atoms with van der Waals surface area (Å²) < 4.78 is 5.54. The normalized spacial score (nSPS) is 15.7. The summed E-state index contributed by atoms with van der Waals surface area (Å²) in [5, 5.41) is 10.6. The van der Waals surface area contributed by atoms with E-state index in [2.05, 4.69) is 17.0 Å². The highest BCUT2D eigenvalue weighted by Gasteiger charge is 2.23. The number of likely N-dealkylation sites (tertiary alicyclic amines) is 1. The summed E-state index contributed by atoms with van der Waals surface area (Å²) in [4.78, 5) is 24.7. The Morgan fingerprint density at radius 1 is 1.08 bits per heavy atom. The number of esters is 1. The molecule has 0 atom stereocenters. The van der Waals surface area contributed by atoms with Gasteiger partial charge in [0.2, 0.25) is 0 Å². The van der Waals surface area contributed by atoms with Crippen LogP contribution in [0, 0.1) is 10.1 Å². The van der Waals surface area contributed by atoms with E-state index < -0.39 is 10.9 Å². The Morgan fingerprint density at radius 3 is 2.32 bits per heavy atom. The molecule has 2 aromatic carbocycles. The summed E-state index contributed by atoms with van der Waals surface area (Å²) in [5.41, 5.74) is 1.59. The number of hydrogen-bond donors (Lipinski definition) is 0. The maximum absolute atomic E-state index is 12.2. The Hall–Kier alpha value is -2.73. The van der Waals surface area contributed by atoms with Crippen molar-refractivity contribution in [1.82, 2.24) is 4.90 Å². The molecule has 1 fully saturated rings. The average molecular weight is 340 g/mol. The molecule has 0 aromatic heterocycles. The van der Waals surface area contributed by atoms with E-state index >= 15 is 0 Å². The van der Waals surface area contributed by atoms with Crippen LogP contribution in [-0.2, 0) is 11.3 Å². The molecule has 1 saturated heterocycles. The molecule has 1 aliphatic rings. The first-order valence-electron chi connectivity index (χ1n) is 8.33. The minimum absolute atomic E-state index is 0.0363. The van der Waals surface area contributed by atoms with Crippen molar-refractivity contribution >= 4 is 11.7 Å². The number of carbonyl (C=O) groups is 1. The van der Waals surface area contributed by atoms with Crippen LogP contribution in [0.5, 0.6) is 0 Å². The summed E-state index contributed by atoms with van der Waals surface area (Å²) in [7, 11) is 0. The van der Waals surface area contributed by atoms with Gasteiger partial charge in [0.1, 0.15) is 6.10 Å². The topological polar surface area (TPSA) is 72.7 Å². The smallest absolute Gasteiger partial charge is 0.338 e. The lowest BCUT2D eigenvalue weighted by Gasteiger charge is -2.31. The van der Waals surface area contributed by atoms with Crippen LogP contribution < -0.4 is 0 Å². The van der Waals surface area contributed by atoms with E-state index in [1.807, 2.05) is 18.2 Å². The molecular formula is C19H20N2O4. The van der Waals surface area contributed by atoms with Gasteiger partial charge in [-0.25, -0.2) is 4.79 Å². The first-order chi connectivity index (χ1) is 12.1. The van der Waals surface area contributed by atoms with E-state index in [4.69, 9.17) is 4.74 Å². The van der Waals surface area contributed by atoms with Gasteiger partial charge in [-0.3, -0.25) is 15.0 Å².